The van der Waals surface area contributed by atoms with Gasteiger partial charge in [-0.1, -0.05) is 31.9 Å². The zero-order chi connectivity index (χ0) is 14.1. The Morgan fingerprint density at radius 1 is 1.26 bits per heavy atom. The van der Waals surface area contributed by atoms with Gasteiger partial charge in [-0.2, -0.15) is 0 Å². The maximum absolute atomic E-state index is 11.5. The van der Waals surface area contributed by atoms with Crippen LogP contribution in [-0.4, -0.2) is 17.4 Å². The summed E-state index contributed by atoms with van der Waals surface area (Å²) >= 11 is 0. The van der Waals surface area contributed by atoms with Gasteiger partial charge in [0.15, 0.2) is 0 Å². The Hall–Kier alpha value is -1.91. The molecule has 19 heavy (non-hydrogen) atoms. The minimum atomic E-state index is -0.417. The number of carbonyl (C=O) groups excluding carboxylic acids is 1. The third kappa shape index (κ3) is 5.99. The molecule has 1 rings (SSSR count). The molecule has 0 atom stereocenters. The number of unbranched alkanes of at least 4 members (excludes halogenated alkanes) is 2. The monoisotopic (exact) mass is 264 g/mol. The average molecular weight is 264 g/mol. The number of amides is 1. The Morgan fingerprint density at radius 2 is 1.95 bits per heavy atom. The zero-order valence-electron chi connectivity index (χ0n) is 11.2. The number of rotatable bonds is 8. The van der Waals surface area contributed by atoms with E-state index in [0.29, 0.717) is 19.4 Å². The van der Waals surface area contributed by atoms with Crippen LogP contribution in [0.25, 0.3) is 0 Å². The number of hydrogen-bond acceptors (Lipinski definition) is 3. The van der Waals surface area contributed by atoms with Crippen LogP contribution in [-0.2, 0) is 11.2 Å². The maximum Gasteiger partial charge on any atom is 0.269 e. The molecular weight excluding hydrogens is 244 g/mol. The van der Waals surface area contributed by atoms with Gasteiger partial charge in [0, 0.05) is 25.1 Å². The molecule has 5 heteroatoms. The van der Waals surface area contributed by atoms with Crippen LogP contribution in [0.15, 0.2) is 24.3 Å². The molecule has 5 nitrogen and oxygen atoms in total. The Balaban J connectivity index is 2.25. The van der Waals surface area contributed by atoms with Crippen LogP contribution in [0.5, 0.6) is 0 Å². The second kappa shape index (κ2) is 8.24. The van der Waals surface area contributed by atoms with E-state index in [-0.39, 0.29) is 11.6 Å². The standard InChI is InChI=1S/C14H20N2O3/c1-2-3-4-5-14(17)15-11-10-12-6-8-13(9-7-12)16(18)19/h6-9H,2-5,10-11H2,1H3,(H,15,17). The molecule has 104 valence electrons. The van der Waals surface area contributed by atoms with Crippen LogP contribution in [0.3, 0.4) is 0 Å². The highest BCUT2D eigenvalue weighted by Gasteiger charge is 2.04. The van der Waals surface area contributed by atoms with E-state index < -0.39 is 4.92 Å². The number of nitro groups is 1. The number of nitro benzene ring substituents is 1. The largest absolute Gasteiger partial charge is 0.356 e. The minimum Gasteiger partial charge on any atom is -0.356 e. The van der Waals surface area contributed by atoms with Gasteiger partial charge in [0.1, 0.15) is 0 Å². The van der Waals surface area contributed by atoms with Crippen molar-refractivity contribution >= 4 is 11.6 Å². The van der Waals surface area contributed by atoms with Crippen LogP contribution in [0.1, 0.15) is 38.2 Å². The Labute approximate surface area is 113 Å². The molecular formula is C14H20N2O3. The van der Waals surface area contributed by atoms with Crippen LogP contribution in [0.2, 0.25) is 0 Å². The fourth-order valence-corrected chi connectivity index (χ4v) is 1.75. The molecule has 0 saturated carbocycles. The number of nitrogens with one attached hydrogen (secondary N) is 1. The van der Waals surface area contributed by atoms with Gasteiger partial charge in [0.05, 0.1) is 4.92 Å². The van der Waals surface area contributed by atoms with Crippen molar-refractivity contribution in [3.8, 4) is 0 Å². The van der Waals surface area contributed by atoms with E-state index in [1.807, 2.05) is 0 Å². The van der Waals surface area contributed by atoms with Crippen molar-refractivity contribution in [3.63, 3.8) is 0 Å². The molecule has 0 bridgehead atoms. The SMILES string of the molecule is CCCCCC(=O)NCCc1ccc([N+](=O)[O-])cc1. The van der Waals surface area contributed by atoms with Gasteiger partial charge in [-0.05, 0) is 18.4 Å². The van der Waals surface area contributed by atoms with Gasteiger partial charge in [-0.15, -0.1) is 0 Å². The number of benzene rings is 1. The van der Waals surface area contributed by atoms with Crippen LogP contribution >= 0.6 is 0 Å². The van der Waals surface area contributed by atoms with Gasteiger partial charge < -0.3 is 5.32 Å². The summed E-state index contributed by atoms with van der Waals surface area (Å²) in [6.07, 6.45) is 4.39. The molecule has 1 aromatic carbocycles. The molecule has 1 amide bonds. The topological polar surface area (TPSA) is 72.2 Å². The van der Waals surface area contributed by atoms with Crippen LogP contribution < -0.4 is 5.32 Å². The highest BCUT2D eigenvalue weighted by atomic mass is 16.6. The second-order valence-corrected chi connectivity index (χ2v) is 4.48. The fraction of sp³-hybridized carbons (Fsp3) is 0.500. The second-order valence-electron chi connectivity index (χ2n) is 4.48. The number of non-ortho nitro benzene ring substituents is 1. The molecule has 0 heterocycles. The van der Waals surface area contributed by atoms with Crippen LogP contribution in [0, 0.1) is 10.1 Å². The first kappa shape index (κ1) is 15.1. The maximum atomic E-state index is 11.5. The molecule has 0 aromatic heterocycles. The van der Waals surface area contributed by atoms with Crippen molar-refractivity contribution in [2.24, 2.45) is 0 Å². The van der Waals surface area contributed by atoms with E-state index in [0.717, 1.165) is 24.8 Å². The normalized spacial score (nSPS) is 10.2. The van der Waals surface area contributed by atoms with Gasteiger partial charge >= 0.3 is 0 Å². The lowest BCUT2D eigenvalue weighted by Gasteiger charge is -2.05. The highest BCUT2D eigenvalue weighted by molar-refractivity contribution is 5.75. The summed E-state index contributed by atoms with van der Waals surface area (Å²) in [7, 11) is 0. The lowest BCUT2D eigenvalue weighted by Crippen LogP contribution is -2.25. The van der Waals surface area contributed by atoms with E-state index in [9.17, 15) is 14.9 Å². The van der Waals surface area contributed by atoms with E-state index in [2.05, 4.69) is 12.2 Å². The van der Waals surface area contributed by atoms with Gasteiger partial charge in [0.25, 0.3) is 5.69 Å². The smallest absolute Gasteiger partial charge is 0.269 e. The lowest BCUT2D eigenvalue weighted by molar-refractivity contribution is -0.384. The quantitative estimate of drug-likeness (QED) is 0.446. The first-order valence-corrected chi connectivity index (χ1v) is 6.63. The first-order valence-electron chi connectivity index (χ1n) is 6.63. The Morgan fingerprint density at radius 3 is 2.53 bits per heavy atom. The first-order chi connectivity index (χ1) is 9.13. The number of hydrogen-bond donors (Lipinski definition) is 1. The molecule has 1 N–H and O–H groups in total. The van der Waals surface area contributed by atoms with Crippen molar-refractivity contribution in [1.82, 2.24) is 5.32 Å². The third-order valence-electron chi connectivity index (χ3n) is 2.89. The summed E-state index contributed by atoms with van der Waals surface area (Å²) in [6.45, 7) is 2.68. The summed E-state index contributed by atoms with van der Waals surface area (Å²) in [5.41, 5.74) is 1.08. The molecule has 0 spiro atoms. The fourth-order valence-electron chi connectivity index (χ4n) is 1.75. The molecule has 0 fully saturated rings. The molecule has 0 aliphatic heterocycles. The van der Waals surface area contributed by atoms with Gasteiger partial charge in [0.2, 0.25) is 5.91 Å². The molecule has 0 aliphatic rings. The zero-order valence-corrected chi connectivity index (χ0v) is 11.2. The molecule has 0 saturated heterocycles. The van der Waals surface area contributed by atoms with Crippen molar-refractivity contribution in [2.45, 2.75) is 39.0 Å². The Bertz CT molecular complexity index is 415. The predicted molar refractivity (Wildman–Crippen MR) is 74.0 cm³/mol. The summed E-state index contributed by atoms with van der Waals surface area (Å²) in [4.78, 5) is 21.5. The number of carbonyl (C=O) groups is 1. The molecule has 0 aliphatic carbocycles. The minimum absolute atomic E-state index is 0.0790. The summed E-state index contributed by atoms with van der Waals surface area (Å²) < 4.78 is 0. The van der Waals surface area contributed by atoms with Crippen molar-refractivity contribution in [2.75, 3.05) is 6.54 Å². The van der Waals surface area contributed by atoms with E-state index in [1.165, 1.54) is 12.1 Å². The summed E-state index contributed by atoms with van der Waals surface area (Å²) in [6, 6.07) is 6.42. The van der Waals surface area contributed by atoms with Crippen LogP contribution in [0.4, 0.5) is 5.69 Å². The third-order valence-corrected chi connectivity index (χ3v) is 2.89. The predicted octanol–water partition coefficient (Wildman–Crippen LogP) is 2.83. The van der Waals surface area contributed by atoms with E-state index in [4.69, 9.17) is 0 Å². The van der Waals surface area contributed by atoms with Crippen molar-refractivity contribution in [1.29, 1.82) is 0 Å². The highest BCUT2D eigenvalue weighted by Crippen LogP contribution is 2.11. The molecule has 0 unspecified atom stereocenters. The summed E-state index contributed by atoms with van der Waals surface area (Å²) in [5, 5.41) is 13.3. The van der Waals surface area contributed by atoms with Crippen molar-refractivity contribution in [3.05, 3.63) is 39.9 Å². The Kier molecular flexibility index (Phi) is 6.57. The van der Waals surface area contributed by atoms with E-state index in [1.54, 1.807) is 12.1 Å². The van der Waals surface area contributed by atoms with Gasteiger partial charge in [-0.25, -0.2) is 0 Å². The molecule has 1 aromatic rings. The number of nitrogens with zero attached hydrogens (tertiary/aromatic N) is 1. The lowest BCUT2D eigenvalue weighted by atomic mass is 10.1. The molecule has 0 radical (unpaired) electrons. The van der Waals surface area contributed by atoms with Crippen molar-refractivity contribution < 1.29 is 9.72 Å². The average Bonchev–Trinajstić information content (AvgIpc) is 2.39. The van der Waals surface area contributed by atoms with E-state index >= 15 is 0 Å². The summed E-state index contributed by atoms with van der Waals surface area (Å²) in [5.74, 6) is 0.0790. The van der Waals surface area contributed by atoms with Gasteiger partial charge in [-0.3, -0.25) is 14.9 Å².